The van der Waals surface area contributed by atoms with Crippen molar-refractivity contribution in [2.24, 2.45) is 0 Å². The third-order valence-electron chi connectivity index (χ3n) is 5.51. The number of nitrogens with one attached hydrogen (secondary N) is 2. The summed E-state index contributed by atoms with van der Waals surface area (Å²) in [6.07, 6.45) is -4.34. The first kappa shape index (κ1) is 25.6. The molecule has 0 radical (unpaired) electrons. The van der Waals surface area contributed by atoms with E-state index in [1.807, 2.05) is 6.07 Å². The molecule has 1 aromatic heterocycles. The van der Waals surface area contributed by atoms with Crippen molar-refractivity contribution >= 4 is 15.7 Å². The number of halogens is 4. The van der Waals surface area contributed by atoms with Crippen LogP contribution in [-0.4, -0.2) is 43.0 Å². The lowest BCUT2D eigenvalue weighted by molar-refractivity contribution is -0.160. The summed E-state index contributed by atoms with van der Waals surface area (Å²) in [6.45, 7) is 3.01. The van der Waals surface area contributed by atoms with E-state index in [1.165, 1.54) is 13.8 Å². The molecule has 1 amide bonds. The van der Waals surface area contributed by atoms with Gasteiger partial charge in [-0.25, -0.2) is 12.8 Å². The number of benzene rings is 1. The number of nitrogens with zero attached hydrogens (tertiary/aromatic N) is 2. The van der Waals surface area contributed by atoms with Gasteiger partial charge in [-0.2, -0.15) is 18.4 Å². The normalized spacial score (nSPS) is 17.0. The van der Waals surface area contributed by atoms with Crippen molar-refractivity contribution in [3.63, 3.8) is 0 Å². The molecule has 13 heteroatoms. The second-order valence-corrected chi connectivity index (χ2v) is 10.4. The second-order valence-electron chi connectivity index (χ2n) is 8.29. The number of aromatic nitrogens is 1. The topological polar surface area (TPSA) is 125 Å². The number of amides is 1. The smallest absolute Gasteiger partial charge is 0.361 e. The molecule has 2 aromatic rings. The van der Waals surface area contributed by atoms with E-state index < -0.39 is 62.4 Å². The SMILES string of the molecule is Cc1noc(C)c1CS(=O)(=O)CC(N[C@H](c1ccc(F)cc1)C(F)(F)F)C(=O)NC1(C#N)CC1. The fraction of sp³-hybridized carbons (Fsp3) is 0.476. The minimum Gasteiger partial charge on any atom is -0.361 e. The maximum atomic E-state index is 13.9. The number of hydrogen-bond acceptors (Lipinski definition) is 7. The molecule has 1 aliphatic rings. The quantitative estimate of drug-likeness (QED) is 0.505. The van der Waals surface area contributed by atoms with Crippen LogP contribution in [0.25, 0.3) is 0 Å². The van der Waals surface area contributed by atoms with Crippen molar-refractivity contribution in [2.75, 3.05) is 5.75 Å². The van der Waals surface area contributed by atoms with Gasteiger partial charge in [0.15, 0.2) is 9.84 Å². The minimum atomic E-state index is -4.94. The van der Waals surface area contributed by atoms with E-state index in [1.54, 1.807) is 0 Å². The average Bonchev–Trinajstić information content (AvgIpc) is 3.46. The molecule has 2 atom stereocenters. The molecular formula is C21H22F4N4O4S. The highest BCUT2D eigenvalue weighted by Crippen LogP contribution is 2.36. The van der Waals surface area contributed by atoms with Gasteiger partial charge >= 0.3 is 6.18 Å². The van der Waals surface area contributed by atoms with E-state index in [0.717, 1.165) is 24.3 Å². The highest BCUT2D eigenvalue weighted by atomic mass is 32.2. The van der Waals surface area contributed by atoms with Crippen molar-refractivity contribution in [3.8, 4) is 6.07 Å². The molecule has 2 N–H and O–H groups in total. The van der Waals surface area contributed by atoms with Gasteiger partial charge in [-0.15, -0.1) is 0 Å². The Bertz CT molecular complexity index is 1180. The number of carbonyl (C=O) groups is 1. The number of carbonyl (C=O) groups excluding carboxylic acids is 1. The number of alkyl halides is 3. The van der Waals surface area contributed by atoms with E-state index >= 15 is 0 Å². The minimum absolute atomic E-state index is 0.232. The summed E-state index contributed by atoms with van der Waals surface area (Å²) < 4.78 is 85.6. The van der Waals surface area contributed by atoms with Gasteiger partial charge in [0.05, 0.1) is 23.3 Å². The lowest BCUT2D eigenvalue weighted by atomic mass is 10.0. The standard InChI is InChI=1S/C21H22F4N4O4S/c1-12-16(13(2)33-29-12)9-34(31,32)10-17(19(30)28-20(11-26)7-8-20)27-18(21(23,24)25)14-3-5-15(22)6-4-14/h3-6,17-18,27H,7-10H2,1-2H3,(H,28,30)/t17?,18-/m1/s1. The molecule has 1 fully saturated rings. The fourth-order valence-corrected chi connectivity index (χ4v) is 5.11. The van der Waals surface area contributed by atoms with E-state index in [9.17, 15) is 36.0 Å². The Morgan fingerprint density at radius 1 is 1.26 bits per heavy atom. The molecule has 0 bridgehead atoms. The molecule has 1 aromatic carbocycles. The largest absolute Gasteiger partial charge is 0.407 e. The van der Waals surface area contributed by atoms with Crippen LogP contribution in [-0.2, 0) is 20.4 Å². The summed E-state index contributed by atoms with van der Waals surface area (Å²) in [4.78, 5) is 12.9. The molecule has 184 valence electrons. The zero-order chi connectivity index (χ0) is 25.3. The highest BCUT2D eigenvalue weighted by Gasteiger charge is 2.48. The predicted octanol–water partition coefficient (Wildman–Crippen LogP) is 2.78. The fourth-order valence-electron chi connectivity index (χ4n) is 3.39. The van der Waals surface area contributed by atoms with Crippen LogP contribution in [0.2, 0.25) is 0 Å². The monoisotopic (exact) mass is 502 g/mol. The van der Waals surface area contributed by atoms with Gasteiger partial charge in [-0.05, 0) is 44.4 Å². The van der Waals surface area contributed by atoms with Crippen LogP contribution in [0.4, 0.5) is 17.6 Å². The third-order valence-corrected chi connectivity index (χ3v) is 7.08. The van der Waals surface area contributed by atoms with Crippen molar-refractivity contribution in [1.82, 2.24) is 15.8 Å². The van der Waals surface area contributed by atoms with Crippen LogP contribution >= 0.6 is 0 Å². The summed E-state index contributed by atoms with van der Waals surface area (Å²) in [7, 11) is -4.15. The van der Waals surface area contributed by atoms with Gasteiger partial charge in [-0.1, -0.05) is 17.3 Å². The summed E-state index contributed by atoms with van der Waals surface area (Å²) in [5, 5.41) is 17.3. The van der Waals surface area contributed by atoms with E-state index in [2.05, 4.69) is 15.8 Å². The van der Waals surface area contributed by atoms with Crippen molar-refractivity contribution in [1.29, 1.82) is 5.26 Å². The maximum Gasteiger partial charge on any atom is 0.407 e. The molecule has 1 saturated carbocycles. The average molecular weight is 502 g/mol. The predicted molar refractivity (Wildman–Crippen MR) is 111 cm³/mol. The first-order valence-electron chi connectivity index (χ1n) is 10.2. The van der Waals surface area contributed by atoms with Crippen molar-refractivity contribution < 1.29 is 35.3 Å². The summed E-state index contributed by atoms with van der Waals surface area (Å²) in [5.74, 6) is -3.17. The summed E-state index contributed by atoms with van der Waals surface area (Å²) >= 11 is 0. The maximum absolute atomic E-state index is 13.9. The molecule has 3 rings (SSSR count). The Balaban J connectivity index is 1.91. The van der Waals surface area contributed by atoms with E-state index in [-0.39, 0.29) is 11.3 Å². The summed E-state index contributed by atoms with van der Waals surface area (Å²) in [5.41, 5.74) is -1.08. The van der Waals surface area contributed by atoms with E-state index in [4.69, 9.17) is 4.52 Å². The highest BCUT2D eigenvalue weighted by molar-refractivity contribution is 7.90. The Labute approximate surface area is 193 Å². The molecule has 1 heterocycles. The van der Waals surface area contributed by atoms with Crippen LogP contribution in [0.5, 0.6) is 0 Å². The van der Waals surface area contributed by atoms with Crippen molar-refractivity contribution in [2.45, 2.75) is 56.2 Å². The molecular weight excluding hydrogens is 480 g/mol. The number of aryl methyl sites for hydroxylation is 2. The lowest BCUT2D eigenvalue weighted by Crippen LogP contribution is -2.54. The Hall–Kier alpha value is -2.98. The molecule has 0 spiro atoms. The van der Waals surface area contributed by atoms with Gasteiger partial charge in [0.25, 0.3) is 0 Å². The molecule has 0 saturated heterocycles. The number of hydrogen-bond donors (Lipinski definition) is 2. The number of sulfone groups is 1. The van der Waals surface area contributed by atoms with Crippen LogP contribution in [0.15, 0.2) is 28.8 Å². The zero-order valence-electron chi connectivity index (χ0n) is 18.2. The summed E-state index contributed by atoms with van der Waals surface area (Å²) in [6, 6.07) is 1.01. The molecule has 1 aliphatic carbocycles. The lowest BCUT2D eigenvalue weighted by Gasteiger charge is -2.28. The Morgan fingerprint density at radius 2 is 1.88 bits per heavy atom. The molecule has 8 nitrogen and oxygen atoms in total. The number of nitriles is 1. The first-order valence-corrected chi connectivity index (χ1v) is 12.0. The van der Waals surface area contributed by atoms with Gasteiger partial charge in [0, 0.05) is 5.56 Å². The third kappa shape index (κ3) is 6.12. The first-order chi connectivity index (χ1) is 15.8. The van der Waals surface area contributed by atoms with E-state index in [0.29, 0.717) is 18.5 Å². The van der Waals surface area contributed by atoms with Gasteiger partial charge in [-0.3, -0.25) is 10.1 Å². The van der Waals surface area contributed by atoms with Gasteiger partial charge < -0.3 is 9.84 Å². The van der Waals surface area contributed by atoms with Crippen LogP contribution < -0.4 is 10.6 Å². The zero-order valence-corrected chi connectivity index (χ0v) is 19.1. The van der Waals surface area contributed by atoms with Crippen LogP contribution in [0.1, 0.15) is 41.5 Å². The van der Waals surface area contributed by atoms with Gasteiger partial charge in [0.1, 0.15) is 29.2 Å². The molecule has 1 unspecified atom stereocenters. The van der Waals surface area contributed by atoms with Gasteiger partial charge in [0.2, 0.25) is 5.91 Å². The second kappa shape index (κ2) is 9.34. The molecule has 34 heavy (non-hydrogen) atoms. The van der Waals surface area contributed by atoms with Crippen LogP contribution in [0.3, 0.4) is 0 Å². The number of rotatable bonds is 9. The van der Waals surface area contributed by atoms with Crippen LogP contribution in [0, 0.1) is 31.0 Å². The van der Waals surface area contributed by atoms with Crippen molar-refractivity contribution in [3.05, 3.63) is 52.7 Å². The molecule has 0 aliphatic heterocycles. The Kier molecular flexibility index (Phi) is 7.05. The Morgan fingerprint density at radius 3 is 2.35 bits per heavy atom.